The lowest BCUT2D eigenvalue weighted by Crippen LogP contribution is -1.99. The van der Waals surface area contributed by atoms with Crippen molar-refractivity contribution in [2.75, 3.05) is 21.3 Å². The highest BCUT2D eigenvalue weighted by atomic mass is 16.5. The van der Waals surface area contributed by atoms with Crippen molar-refractivity contribution in [1.82, 2.24) is 4.57 Å². The summed E-state index contributed by atoms with van der Waals surface area (Å²) in [5, 5.41) is 10.3. The lowest BCUT2D eigenvalue weighted by molar-refractivity contribution is 0.414. The minimum atomic E-state index is 0.244. The molecule has 7 heteroatoms. The van der Waals surface area contributed by atoms with Crippen LogP contribution in [-0.2, 0) is 0 Å². The highest BCUT2D eigenvalue weighted by Crippen LogP contribution is 2.43. The third-order valence-electron chi connectivity index (χ3n) is 6.85. The van der Waals surface area contributed by atoms with Gasteiger partial charge in [0.25, 0.3) is 0 Å². The first-order valence-corrected chi connectivity index (χ1v) is 12.7. The maximum Gasteiger partial charge on any atom is 0.238 e. The Morgan fingerprint density at radius 2 is 1.30 bits per heavy atom. The first kappa shape index (κ1) is 26.4. The lowest BCUT2D eigenvalue weighted by Gasteiger charge is -2.10. The average Bonchev–Trinajstić information content (AvgIpc) is 3.51. The van der Waals surface area contributed by atoms with Crippen molar-refractivity contribution < 1.29 is 18.6 Å². The van der Waals surface area contributed by atoms with Crippen LogP contribution in [0.15, 0.2) is 88.3 Å². The van der Waals surface area contributed by atoms with Gasteiger partial charge < -0.3 is 23.2 Å². The van der Waals surface area contributed by atoms with E-state index in [4.69, 9.17) is 18.6 Å². The van der Waals surface area contributed by atoms with E-state index in [1.54, 1.807) is 27.5 Å². The number of benzene rings is 3. The van der Waals surface area contributed by atoms with Crippen molar-refractivity contribution in [2.24, 2.45) is 4.99 Å². The second kappa shape index (κ2) is 11.3. The van der Waals surface area contributed by atoms with E-state index in [2.05, 4.69) is 21.7 Å². The number of hydrogen-bond acceptors (Lipinski definition) is 6. The molecule has 0 unspecified atom stereocenters. The van der Waals surface area contributed by atoms with Gasteiger partial charge in [0.15, 0.2) is 0 Å². The molecule has 5 aromatic rings. The van der Waals surface area contributed by atoms with Gasteiger partial charge in [-0.3, -0.25) is 0 Å². The van der Waals surface area contributed by atoms with Crippen molar-refractivity contribution >= 4 is 12.1 Å². The highest BCUT2D eigenvalue weighted by Gasteiger charge is 2.23. The van der Waals surface area contributed by atoms with E-state index in [0.717, 1.165) is 51.0 Å². The van der Waals surface area contributed by atoms with Gasteiger partial charge in [-0.2, -0.15) is 5.26 Å². The van der Waals surface area contributed by atoms with Crippen LogP contribution in [0.25, 0.3) is 28.1 Å². The molecule has 0 aliphatic rings. The maximum absolute atomic E-state index is 10.3. The molecule has 3 aromatic carbocycles. The number of nitriles is 1. The highest BCUT2D eigenvalue weighted by molar-refractivity contribution is 5.90. The van der Waals surface area contributed by atoms with Gasteiger partial charge in [-0.25, -0.2) is 4.99 Å². The molecule has 5 rings (SSSR count). The molecule has 0 spiro atoms. The normalized spacial score (nSPS) is 11.0. The van der Waals surface area contributed by atoms with E-state index in [9.17, 15) is 5.26 Å². The van der Waals surface area contributed by atoms with Gasteiger partial charge in [-0.15, -0.1) is 0 Å². The zero-order chi connectivity index (χ0) is 28.2. The molecule has 0 fully saturated rings. The van der Waals surface area contributed by atoms with Gasteiger partial charge in [0.05, 0.1) is 21.3 Å². The molecule has 2 aromatic heterocycles. The molecule has 0 aliphatic carbocycles. The summed E-state index contributed by atoms with van der Waals surface area (Å²) in [5.74, 6) is 3.05. The third-order valence-corrected chi connectivity index (χ3v) is 6.85. The van der Waals surface area contributed by atoms with Crippen molar-refractivity contribution in [3.8, 4) is 51.5 Å². The smallest absolute Gasteiger partial charge is 0.238 e. The summed E-state index contributed by atoms with van der Waals surface area (Å²) in [7, 11) is 4.89. The second-order valence-electron chi connectivity index (χ2n) is 9.17. The van der Waals surface area contributed by atoms with Crippen LogP contribution in [0.2, 0.25) is 0 Å². The molecule has 0 saturated carbocycles. The summed E-state index contributed by atoms with van der Waals surface area (Å²) in [6.45, 7) is 4.09. The summed E-state index contributed by atoms with van der Waals surface area (Å²) in [4.78, 5) is 4.69. The van der Waals surface area contributed by atoms with Crippen LogP contribution in [0.4, 0.5) is 5.88 Å². The molecule has 0 aliphatic heterocycles. The van der Waals surface area contributed by atoms with Crippen molar-refractivity contribution in [3.05, 3.63) is 101 Å². The van der Waals surface area contributed by atoms with Gasteiger partial charge in [-0.05, 0) is 86.1 Å². The van der Waals surface area contributed by atoms with E-state index in [1.807, 2.05) is 86.6 Å². The minimum Gasteiger partial charge on any atom is -0.497 e. The SMILES string of the molecule is COc1ccc(-c2oc(N=Cc3cc(C)n(-c4ccc(OC)cc4)c3C)c(C#N)c2-c2ccc(OC)cc2)cc1. The molecule has 200 valence electrons. The van der Waals surface area contributed by atoms with Gasteiger partial charge >= 0.3 is 0 Å². The Morgan fingerprint density at radius 3 is 1.82 bits per heavy atom. The van der Waals surface area contributed by atoms with Crippen molar-refractivity contribution in [3.63, 3.8) is 0 Å². The Hall–Kier alpha value is -5.22. The molecule has 7 nitrogen and oxygen atoms in total. The molecule has 0 amide bonds. The van der Waals surface area contributed by atoms with Crippen LogP contribution in [0.1, 0.15) is 22.5 Å². The number of rotatable bonds is 8. The second-order valence-corrected chi connectivity index (χ2v) is 9.17. The largest absolute Gasteiger partial charge is 0.497 e. The predicted molar refractivity (Wildman–Crippen MR) is 156 cm³/mol. The van der Waals surface area contributed by atoms with E-state index in [1.165, 1.54) is 0 Å². The molecule has 0 N–H and O–H groups in total. The Kier molecular flexibility index (Phi) is 7.43. The van der Waals surface area contributed by atoms with E-state index < -0.39 is 0 Å². The molecular formula is C33H29N3O4. The van der Waals surface area contributed by atoms with E-state index >= 15 is 0 Å². The molecule has 2 heterocycles. The van der Waals surface area contributed by atoms with Crippen LogP contribution in [-0.4, -0.2) is 32.1 Å². The quantitative estimate of drug-likeness (QED) is 0.192. The standard InChI is InChI=1S/C33H29N3O4/c1-21-18-25(22(2)36(21)26-10-16-29(39-5)17-11-26)20-35-33-30(19-34)31(23-6-12-27(37-3)13-7-23)32(40-33)24-8-14-28(38-4)15-9-24/h6-18,20H,1-5H3. The number of methoxy groups -OCH3 is 3. The zero-order valence-corrected chi connectivity index (χ0v) is 23.1. The molecule has 0 radical (unpaired) electrons. The van der Waals surface area contributed by atoms with Crippen LogP contribution >= 0.6 is 0 Å². The van der Waals surface area contributed by atoms with E-state index in [-0.39, 0.29) is 5.88 Å². The van der Waals surface area contributed by atoms with Crippen LogP contribution in [0.5, 0.6) is 17.2 Å². The molecule has 0 bridgehead atoms. The first-order chi connectivity index (χ1) is 19.5. The number of ether oxygens (including phenoxy) is 3. The number of aliphatic imine (C=N–C) groups is 1. The fourth-order valence-electron chi connectivity index (χ4n) is 4.77. The van der Waals surface area contributed by atoms with Crippen LogP contribution in [0, 0.1) is 25.2 Å². The first-order valence-electron chi connectivity index (χ1n) is 12.7. The van der Waals surface area contributed by atoms with Crippen LogP contribution < -0.4 is 14.2 Å². The minimum absolute atomic E-state index is 0.244. The average molecular weight is 532 g/mol. The van der Waals surface area contributed by atoms with Crippen molar-refractivity contribution in [1.29, 1.82) is 5.26 Å². The summed E-state index contributed by atoms with van der Waals surface area (Å²) < 4.78 is 24.4. The van der Waals surface area contributed by atoms with Crippen LogP contribution in [0.3, 0.4) is 0 Å². The number of furan rings is 1. The monoisotopic (exact) mass is 531 g/mol. The van der Waals surface area contributed by atoms with E-state index in [0.29, 0.717) is 16.9 Å². The summed E-state index contributed by atoms with van der Waals surface area (Å²) in [6, 6.07) is 27.4. The fourth-order valence-corrected chi connectivity index (χ4v) is 4.77. The van der Waals surface area contributed by atoms with Gasteiger partial charge in [0.1, 0.15) is 34.6 Å². The number of hydrogen-bond donors (Lipinski definition) is 0. The van der Waals surface area contributed by atoms with Crippen molar-refractivity contribution in [2.45, 2.75) is 13.8 Å². The van der Waals surface area contributed by atoms with Gasteiger partial charge in [-0.1, -0.05) is 12.1 Å². The Bertz CT molecular complexity index is 1700. The molecular weight excluding hydrogens is 502 g/mol. The molecule has 40 heavy (non-hydrogen) atoms. The number of aryl methyl sites for hydroxylation is 1. The summed E-state index contributed by atoms with van der Waals surface area (Å²) >= 11 is 0. The molecule has 0 atom stereocenters. The lowest BCUT2D eigenvalue weighted by atomic mass is 9.98. The maximum atomic E-state index is 10.3. The summed E-state index contributed by atoms with van der Waals surface area (Å²) in [6.07, 6.45) is 1.75. The zero-order valence-electron chi connectivity index (χ0n) is 23.1. The summed E-state index contributed by atoms with van der Waals surface area (Å²) in [5.41, 5.74) is 6.68. The Labute approximate surface area is 233 Å². The third kappa shape index (κ3) is 4.95. The number of aromatic nitrogens is 1. The number of nitrogens with zero attached hydrogens (tertiary/aromatic N) is 3. The topological polar surface area (TPSA) is 81.9 Å². The Morgan fingerprint density at radius 1 is 0.775 bits per heavy atom. The Balaban J connectivity index is 1.59. The molecule has 0 saturated heterocycles. The fraction of sp³-hybridized carbons (Fsp3) is 0.152. The van der Waals surface area contributed by atoms with Gasteiger partial charge in [0.2, 0.25) is 5.88 Å². The van der Waals surface area contributed by atoms with Gasteiger partial charge in [0, 0.05) is 40.0 Å². The predicted octanol–water partition coefficient (Wildman–Crippen LogP) is 7.67.